The van der Waals surface area contributed by atoms with Gasteiger partial charge in [-0.25, -0.2) is 9.97 Å². The topological polar surface area (TPSA) is 125 Å². The first kappa shape index (κ1) is 21.2. The van der Waals surface area contributed by atoms with E-state index in [2.05, 4.69) is 43.1 Å². The minimum atomic E-state index is -0.388. The number of hydrogen-bond acceptors (Lipinski definition) is 9. The Balaban J connectivity index is 1.41. The Morgan fingerprint density at radius 3 is 2.58 bits per heavy atom. The molecule has 10 nitrogen and oxygen atoms in total. The molecule has 170 valence electrons. The molecule has 10 heteroatoms. The Bertz CT molecular complexity index is 1230. The molecule has 0 amide bonds. The summed E-state index contributed by atoms with van der Waals surface area (Å²) >= 11 is 0. The molecule has 0 radical (unpaired) electrons. The molecule has 5 rings (SSSR count). The van der Waals surface area contributed by atoms with E-state index < -0.39 is 0 Å². The molecular formula is C23H27N9O. The van der Waals surface area contributed by atoms with Crippen molar-refractivity contribution in [3.05, 3.63) is 54.5 Å². The average molecular weight is 446 g/mol. The van der Waals surface area contributed by atoms with Crippen LogP contribution >= 0.6 is 0 Å². The minimum absolute atomic E-state index is 0.382. The molecule has 0 aromatic carbocycles. The predicted octanol–water partition coefficient (Wildman–Crippen LogP) is 2.64. The van der Waals surface area contributed by atoms with Gasteiger partial charge in [0.2, 0.25) is 0 Å². The van der Waals surface area contributed by atoms with Crippen molar-refractivity contribution in [2.24, 2.45) is 5.92 Å². The normalized spacial score (nSPS) is 15.6. The van der Waals surface area contributed by atoms with E-state index in [0.717, 1.165) is 42.8 Å². The summed E-state index contributed by atoms with van der Waals surface area (Å²) in [6, 6.07) is 4.01. The minimum Gasteiger partial charge on any atom is -0.382 e. The molecule has 4 aromatic rings. The molecule has 1 atom stereocenters. The number of nitrogen functional groups attached to an aromatic ring is 1. The molecule has 0 unspecified atom stereocenters. The maximum absolute atomic E-state index is 5.66. The third-order valence-corrected chi connectivity index (χ3v) is 6.24. The smallest absolute Gasteiger partial charge is 0.261 e. The maximum atomic E-state index is 5.66. The van der Waals surface area contributed by atoms with E-state index in [4.69, 9.17) is 15.2 Å². The van der Waals surface area contributed by atoms with E-state index in [1.807, 2.05) is 37.2 Å². The maximum Gasteiger partial charge on any atom is 0.261 e. The van der Waals surface area contributed by atoms with Gasteiger partial charge in [-0.3, -0.25) is 9.67 Å². The van der Waals surface area contributed by atoms with E-state index in [1.54, 1.807) is 12.4 Å². The van der Waals surface area contributed by atoms with Gasteiger partial charge in [-0.15, -0.1) is 0 Å². The lowest BCUT2D eigenvalue weighted by Gasteiger charge is -2.26. The van der Waals surface area contributed by atoms with E-state index in [-0.39, 0.29) is 5.41 Å². The molecule has 2 N–H and O–H groups in total. The van der Waals surface area contributed by atoms with Crippen LogP contribution < -0.4 is 5.73 Å². The van der Waals surface area contributed by atoms with Gasteiger partial charge in [-0.1, -0.05) is 11.2 Å². The predicted molar refractivity (Wildman–Crippen MR) is 123 cm³/mol. The summed E-state index contributed by atoms with van der Waals surface area (Å²) < 4.78 is 7.56. The van der Waals surface area contributed by atoms with Gasteiger partial charge < -0.3 is 15.2 Å². The van der Waals surface area contributed by atoms with Crippen LogP contribution in [-0.4, -0.2) is 60.4 Å². The van der Waals surface area contributed by atoms with Gasteiger partial charge in [0.25, 0.3) is 5.89 Å². The summed E-state index contributed by atoms with van der Waals surface area (Å²) in [5, 5.41) is 8.80. The van der Waals surface area contributed by atoms with E-state index in [1.165, 1.54) is 6.20 Å². The molecule has 0 bridgehead atoms. The van der Waals surface area contributed by atoms with Crippen LogP contribution in [0.4, 0.5) is 5.82 Å². The summed E-state index contributed by atoms with van der Waals surface area (Å²) in [6.45, 7) is 3.87. The van der Waals surface area contributed by atoms with Gasteiger partial charge in [0.05, 0.1) is 41.8 Å². The summed E-state index contributed by atoms with van der Waals surface area (Å²) in [4.78, 5) is 19.9. The number of likely N-dealkylation sites (N-methyl/N-ethyl adjacent to an activating group) is 1. The van der Waals surface area contributed by atoms with Crippen molar-refractivity contribution in [3.8, 4) is 22.8 Å². The third-order valence-electron chi connectivity index (χ3n) is 6.24. The molecule has 0 saturated heterocycles. The average Bonchev–Trinajstić information content (AvgIpc) is 3.37. The number of anilines is 1. The molecule has 4 heterocycles. The van der Waals surface area contributed by atoms with Crippen LogP contribution in [0.2, 0.25) is 0 Å². The number of nitrogens with zero attached hydrogens (tertiary/aromatic N) is 8. The number of pyridine rings is 1. The zero-order valence-corrected chi connectivity index (χ0v) is 19.0. The summed E-state index contributed by atoms with van der Waals surface area (Å²) in [6.07, 6.45) is 11.0. The van der Waals surface area contributed by atoms with Crippen molar-refractivity contribution in [2.75, 3.05) is 26.4 Å². The molecule has 0 aliphatic heterocycles. The Morgan fingerprint density at radius 1 is 1.09 bits per heavy atom. The standard InChI is InChI=1S/C23H27N9O/c1-23(16-4-5-16,17-6-7-18(25-11-17)19-12-27-20(24)13-26-19)22-29-21(33-30-22)15-10-28-32(14-15)9-8-31(2)3/h6-7,10-14,16H,4-5,8-9H2,1-3H3,(H2,24,27)/t23-/m0/s1. The highest BCUT2D eigenvalue weighted by Gasteiger charge is 2.47. The number of aromatic nitrogens is 7. The van der Waals surface area contributed by atoms with Crippen LogP contribution in [0.3, 0.4) is 0 Å². The lowest BCUT2D eigenvalue weighted by atomic mass is 9.77. The van der Waals surface area contributed by atoms with Crippen molar-refractivity contribution in [2.45, 2.75) is 31.7 Å². The van der Waals surface area contributed by atoms with Crippen LogP contribution in [-0.2, 0) is 12.0 Å². The second kappa shape index (κ2) is 8.36. The van der Waals surface area contributed by atoms with Gasteiger partial charge >= 0.3 is 0 Å². The van der Waals surface area contributed by atoms with Crippen molar-refractivity contribution in [1.29, 1.82) is 0 Å². The highest BCUT2D eigenvalue weighted by Crippen LogP contribution is 2.50. The molecule has 1 saturated carbocycles. The third kappa shape index (κ3) is 4.21. The summed E-state index contributed by atoms with van der Waals surface area (Å²) in [7, 11) is 4.08. The van der Waals surface area contributed by atoms with Crippen LogP contribution in [0.15, 0.2) is 47.6 Å². The largest absolute Gasteiger partial charge is 0.382 e. The van der Waals surface area contributed by atoms with Gasteiger partial charge in [0, 0.05) is 18.9 Å². The second-order valence-corrected chi connectivity index (χ2v) is 8.95. The molecule has 1 aliphatic carbocycles. The fourth-order valence-corrected chi connectivity index (χ4v) is 3.98. The zero-order chi connectivity index (χ0) is 23.0. The SMILES string of the molecule is CN(C)CCn1cc(-c2nc([C@](C)(c3ccc(-c4cnc(N)cn4)nc3)C3CC3)no2)cn1. The summed E-state index contributed by atoms with van der Waals surface area (Å²) in [5.41, 5.74) is 8.54. The van der Waals surface area contributed by atoms with Crippen LogP contribution in [0.25, 0.3) is 22.8 Å². The quantitative estimate of drug-likeness (QED) is 0.436. The van der Waals surface area contributed by atoms with Gasteiger partial charge in [-0.2, -0.15) is 10.1 Å². The van der Waals surface area contributed by atoms with Crippen LogP contribution in [0.5, 0.6) is 0 Å². The first-order chi connectivity index (χ1) is 15.9. The van der Waals surface area contributed by atoms with E-state index >= 15 is 0 Å². The van der Waals surface area contributed by atoms with E-state index in [9.17, 15) is 0 Å². The van der Waals surface area contributed by atoms with Crippen molar-refractivity contribution < 1.29 is 4.52 Å². The Hall–Kier alpha value is -3.66. The Kier molecular flexibility index (Phi) is 5.37. The lowest BCUT2D eigenvalue weighted by Crippen LogP contribution is -2.28. The highest BCUT2D eigenvalue weighted by atomic mass is 16.5. The van der Waals surface area contributed by atoms with E-state index in [0.29, 0.717) is 29.1 Å². The van der Waals surface area contributed by atoms with Crippen LogP contribution in [0, 0.1) is 5.92 Å². The van der Waals surface area contributed by atoms with Crippen molar-refractivity contribution >= 4 is 5.82 Å². The molecular weight excluding hydrogens is 418 g/mol. The lowest BCUT2D eigenvalue weighted by molar-refractivity contribution is 0.373. The molecule has 1 aliphatic rings. The molecule has 4 aromatic heterocycles. The first-order valence-corrected chi connectivity index (χ1v) is 11.0. The number of nitrogens with two attached hydrogens (primary N) is 1. The fraction of sp³-hybridized carbons (Fsp3) is 0.391. The van der Waals surface area contributed by atoms with Crippen LogP contribution in [0.1, 0.15) is 31.2 Å². The van der Waals surface area contributed by atoms with Gasteiger partial charge in [-0.05, 0) is 51.4 Å². The van der Waals surface area contributed by atoms with Crippen molar-refractivity contribution in [3.63, 3.8) is 0 Å². The Labute approximate surface area is 191 Å². The summed E-state index contributed by atoms with van der Waals surface area (Å²) in [5.74, 6) is 1.97. The number of hydrogen-bond donors (Lipinski definition) is 1. The zero-order valence-electron chi connectivity index (χ0n) is 19.0. The monoisotopic (exact) mass is 445 g/mol. The molecule has 33 heavy (non-hydrogen) atoms. The Morgan fingerprint density at radius 2 is 1.91 bits per heavy atom. The molecule has 1 fully saturated rings. The highest BCUT2D eigenvalue weighted by molar-refractivity contribution is 5.55. The second-order valence-electron chi connectivity index (χ2n) is 8.95. The van der Waals surface area contributed by atoms with Gasteiger partial charge in [0.1, 0.15) is 11.5 Å². The van der Waals surface area contributed by atoms with Gasteiger partial charge in [0.15, 0.2) is 5.82 Å². The van der Waals surface area contributed by atoms with Crippen molar-refractivity contribution in [1.82, 2.24) is 39.8 Å². The fourth-order valence-electron chi connectivity index (χ4n) is 3.98. The first-order valence-electron chi connectivity index (χ1n) is 11.0. The number of rotatable bonds is 8. The molecule has 0 spiro atoms.